The molecule has 0 amide bonds. The van der Waals surface area contributed by atoms with Crippen LogP contribution in [0.25, 0.3) is 0 Å². The van der Waals surface area contributed by atoms with Crippen LogP contribution in [0.1, 0.15) is 34.1 Å². The molecule has 1 fully saturated rings. The lowest BCUT2D eigenvalue weighted by Crippen LogP contribution is -2.48. The second-order valence-electron chi connectivity index (χ2n) is 4.82. The average molecular weight is 171 g/mol. The summed E-state index contributed by atoms with van der Waals surface area (Å²) >= 11 is 0. The van der Waals surface area contributed by atoms with E-state index in [-0.39, 0.29) is 5.41 Å². The fourth-order valence-electron chi connectivity index (χ4n) is 1.21. The van der Waals surface area contributed by atoms with Crippen molar-refractivity contribution in [1.29, 1.82) is 0 Å². The number of hydrogen-bond donors (Lipinski definition) is 2. The molecular formula is C9H17NO2. The van der Waals surface area contributed by atoms with Gasteiger partial charge in [0, 0.05) is 6.04 Å². The molecule has 0 bridgehead atoms. The van der Waals surface area contributed by atoms with Gasteiger partial charge in [0.25, 0.3) is 0 Å². The third kappa shape index (κ3) is 1.78. The van der Waals surface area contributed by atoms with Gasteiger partial charge in [0.15, 0.2) is 0 Å². The lowest BCUT2D eigenvalue weighted by atomic mass is 10.1. The molecule has 0 radical (unpaired) electrons. The van der Waals surface area contributed by atoms with Gasteiger partial charge >= 0.3 is 5.97 Å². The van der Waals surface area contributed by atoms with Gasteiger partial charge in [-0.15, -0.1) is 0 Å². The first-order chi connectivity index (χ1) is 5.26. The lowest BCUT2D eigenvalue weighted by Gasteiger charge is -2.22. The van der Waals surface area contributed by atoms with E-state index in [0.29, 0.717) is 6.04 Å². The number of aliphatic carboxylic acids is 1. The predicted molar refractivity (Wildman–Crippen MR) is 47.0 cm³/mol. The molecule has 3 heteroatoms. The van der Waals surface area contributed by atoms with Crippen LogP contribution in [-0.4, -0.2) is 22.7 Å². The highest BCUT2D eigenvalue weighted by molar-refractivity contribution is 5.77. The Kier molecular flexibility index (Phi) is 1.95. The minimum absolute atomic E-state index is 0.284. The summed E-state index contributed by atoms with van der Waals surface area (Å²) in [5, 5.41) is 11.9. The van der Waals surface area contributed by atoms with Crippen LogP contribution in [0.5, 0.6) is 0 Å². The van der Waals surface area contributed by atoms with Gasteiger partial charge in [0.2, 0.25) is 0 Å². The summed E-state index contributed by atoms with van der Waals surface area (Å²) in [5.41, 5.74) is -0.509. The fourth-order valence-corrected chi connectivity index (χ4v) is 1.21. The van der Waals surface area contributed by atoms with E-state index in [9.17, 15) is 4.79 Å². The Morgan fingerprint density at radius 2 is 2.00 bits per heavy atom. The molecule has 12 heavy (non-hydrogen) atoms. The maximum Gasteiger partial charge on any atom is 0.323 e. The molecule has 0 spiro atoms. The van der Waals surface area contributed by atoms with Crippen molar-refractivity contribution in [3.05, 3.63) is 0 Å². The van der Waals surface area contributed by atoms with Crippen molar-refractivity contribution in [3.63, 3.8) is 0 Å². The third-order valence-electron chi connectivity index (χ3n) is 2.58. The van der Waals surface area contributed by atoms with Crippen molar-refractivity contribution in [2.24, 2.45) is 5.41 Å². The van der Waals surface area contributed by atoms with E-state index in [2.05, 4.69) is 19.2 Å². The lowest BCUT2D eigenvalue weighted by molar-refractivity contribution is -0.143. The second-order valence-corrected chi connectivity index (χ2v) is 4.82. The molecule has 1 saturated carbocycles. The summed E-state index contributed by atoms with van der Waals surface area (Å²) < 4.78 is 0. The first-order valence-electron chi connectivity index (χ1n) is 4.27. The van der Waals surface area contributed by atoms with Crippen LogP contribution in [0.4, 0.5) is 0 Å². The zero-order chi connectivity index (χ0) is 9.57. The molecule has 0 saturated heterocycles. The zero-order valence-electron chi connectivity index (χ0n) is 8.14. The highest BCUT2D eigenvalue weighted by atomic mass is 16.4. The Morgan fingerprint density at radius 3 is 2.25 bits per heavy atom. The molecule has 0 heterocycles. The Hall–Kier alpha value is -0.570. The van der Waals surface area contributed by atoms with Crippen LogP contribution in [0.15, 0.2) is 0 Å². The fraction of sp³-hybridized carbons (Fsp3) is 0.889. The van der Waals surface area contributed by atoms with E-state index >= 15 is 0 Å². The number of carboxylic acids is 1. The van der Waals surface area contributed by atoms with Crippen LogP contribution in [0, 0.1) is 5.41 Å². The van der Waals surface area contributed by atoms with Gasteiger partial charge in [-0.2, -0.15) is 0 Å². The molecule has 1 atom stereocenters. The van der Waals surface area contributed by atoms with Crippen LogP contribution in [-0.2, 0) is 4.79 Å². The SMILES string of the molecule is CC(C)(NC1CC1(C)C)C(=O)O. The summed E-state index contributed by atoms with van der Waals surface area (Å²) in [6.07, 6.45) is 1.07. The van der Waals surface area contributed by atoms with Crippen molar-refractivity contribution < 1.29 is 9.90 Å². The molecule has 0 aromatic heterocycles. The molecule has 0 aromatic rings. The maximum atomic E-state index is 10.7. The van der Waals surface area contributed by atoms with E-state index in [1.165, 1.54) is 0 Å². The normalized spacial score (nSPS) is 26.8. The molecule has 70 valence electrons. The summed E-state index contributed by atoms with van der Waals surface area (Å²) in [6.45, 7) is 7.68. The summed E-state index contributed by atoms with van der Waals surface area (Å²) in [6, 6.07) is 0.364. The van der Waals surface area contributed by atoms with Gasteiger partial charge in [0.05, 0.1) is 0 Å². The van der Waals surface area contributed by atoms with Gasteiger partial charge in [0.1, 0.15) is 5.54 Å². The van der Waals surface area contributed by atoms with Crippen LogP contribution in [0.2, 0.25) is 0 Å². The molecule has 2 N–H and O–H groups in total. The first-order valence-corrected chi connectivity index (χ1v) is 4.27. The van der Waals surface area contributed by atoms with E-state index < -0.39 is 11.5 Å². The predicted octanol–water partition coefficient (Wildman–Crippen LogP) is 1.24. The van der Waals surface area contributed by atoms with E-state index in [1.807, 2.05) is 0 Å². The molecule has 1 aliphatic rings. The standard InChI is InChI=1S/C9H17NO2/c1-8(2)5-6(8)10-9(3,4)7(11)12/h6,10H,5H2,1-4H3,(H,11,12). The number of nitrogens with one attached hydrogen (secondary N) is 1. The minimum Gasteiger partial charge on any atom is -0.480 e. The van der Waals surface area contributed by atoms with Crippen LogP contribution >= 0.6 is 0 Å². The zero-order valence-corrected chi connectivity index (χ0v) is 8.14. The van der Waals surface area contributed by atoms with E-state index in [0.717, 1.165) is 6.42 Å². The molecule has 1 rings (SSSR count). The van der Waals surface area contributed by atoms with Crippen molar-refractivity contribution in [1.82, 2.24) is 5.32 Å². The summed E-state index contributed by atoms with van der Waals surface area (Å²) in [7, 11) is 0. The second kappa shape index (κ2) is 2.46. The smallest absolute Gasteiger partial charge is 0.323 e. The maximum absolute atomic E-state index is 10.7. The van der Waals surface area contributed by atoms with Crippen molar-refractivity contribution in [2.45, 2.75) is 45.7 Å². The van der Waals surface area contributed by atoms with E-state index in [1.54, 1.807) is 13.8 Å². The Labute approximate surface area is 73.2 Å². The van der Waals surface area contributed by atoms with Crippen molar-refractivity contribution in [2.75, 3.05) is 0 Å². The molecule has 0 aromatic carbocycles. The van der Waals surface area contributed by atoms with Gasteiger partial charge in [-0.3, -0.25) is 10.1 Å². The largest absolute Gasteiger partial charge is 0.480 e. The minimum atomic E-state index is -0.793. The molecule has 1 aliphatic carbocycles. The van der Waals surface area contributed by atoms with Crippen molar-refractivity contribution in [3.8, 4) is 0 Å². The van der Waals surface area contributed by atoms with E-state index in [4.69, 9.17) is 5.11 Å². The average Bonchev–Trinajstić information content (AvgIpc) is 2.37. The van der Waals surface area contributed by atoms with Crippen LogP contribution in [0.3, 0.4) is 0 Å². The quantitative estimate of drug-likeness (QED) is 0.671. The Balaban J connectivity index is 2.48. The molecule has 1 unspecified atom stereocenters. The third-order valence-corrected chi connectivity index (χ3v) is 2.58. The molecule has 0 aliphatic heterocycles. The monoisotopic (exact) mass is 171 g/mol. The Morgan fingerprint density at radius 1 is 1.58 bits per heavy atom. The van der Waals surface area contributed by atoms with Gasteiger partial charge in [-0.25, -0.2) is 0 Å². The first kappa shape index (κ1) is 9.52. The van der Waals surface area contributed by atoms with Gasteiger partial charge < -0.3 is 5.11 Å². The highest BCUT2D eigenvalue weighted by Gasteiger charge is 2.48. The summed E-state index contributed by atoms with van der Waals surface area (Å²) in [4.78, 5) is 10.7. The number of rotatable bonds is 3. The number of hydrogen-bond acceptors (Lipinski definition) is 2. The topological polar surface area (TPSA) is 49.3 Å². The number of carbonyl (C=O) groups is 1. The highest BCUT2D eigenvalue weighted by Crippen LogP contribution is 2.45. The van der Waals surface area contributed by atoms with Gasteiger partial charge in [-0.1, -0.05) is 13.8 Å². The Bertz CT molecular complexity index is 209. The van der Waals surface area contributed by atoms with Crippen molar-refractivity contribution >= 4 is 5.97 Å². The van der Waals surface area contributed by atoms with Gasteiger partial charge in [-0.05, 0) is 25.7 Å². The number of carboxylic acid groups (broad SMARTS) is 1. The molecular weight excluding hydrogens is 154 g/mol. The summed E-state index contributed by atoms with van der Waals surface area (Å²) in [5.74, 6) is -0.787. The van der Waals surface area contributed by atoms with Crippen LogP contribution < -0.4 is 5.32 Å². The molecule has 3 nitrogen and oxygen atoms in total.